The molecule has 0 bridgehead atoms. The normalized spacial score (nSPS) is 12.7. The van der Waals surface area contributed by atoms with Crippen molar-refractivity contribution >= 4 is 23.4 Å². The van der Waals surface area contributed by atoms with Crippen molar-refractivity contribution in [2.24, 2.45) is 0 Å². The Labute approximate surface area is 237 Å². The van der Waals surface area contributed by atoms with E-state index in [1.54, 1.807) is 48.5 Å². The van der Waals surface area contributed by atoms with Gasteiger partial charge in [-0.05, 0) is 60.0 Å². The average Bonchev–Trinajstić information content (AvgIpc) is 2.93. The Morgan fingerprint density at radius 1 is 0.927 bits per heavy atom. The molecule has 218 valence electrons. The Hall–Kier alpha value is -3.99. The van der Waals surface area contributed by atoms with Crippen LogP contribution >= 0.6 is 11.6 Å². The second kappa shape index (κ2) is 13.1. The molecule has 3 rings (SSSR count). The zero-order chi connectivity index (χ0) is 30.4. The largest absolute Gasteiger partial charge is 0.497 e. The number of benzene rings is 3. The van der Waals surface area contributed by atoms with Gasteiger partial charge in [0.15, 0.2) is 0 Å². The van der Waals surface area contributed by atoms with Gasteiger partial charge in [0, 0.05) is 30.3 Å². The zero-order valence-electron chi connectivity index (χ0n) is 21.8. The summed E-state index contributed by atoms with van der Waals surface area (Å²) in [6, 6.07) is 13.2. The first-order valence-electron chi connectivity index (χ1n) is 12.1. The number of methoxy groups -OCH3 is 1. The number of hydrogen-bond acceptors (Lipinski definition) is 3. The lowest BCUT2D eigenvalue weighted by Gasteiger charge is -2.27. The fraction of sp³-hybridized carbons (Fsp3) is 0.241. The number of carbonyl (C=O) groups is 2. The second-order valence-corrected chi connectivity index (χ2v) is 9.47. The van der Waals surface area contributed by atoms with Crippen molar-refractivity contribution < 1.29 is 40.7 Å². The van der Waals surface area contributed by atoms with Gasteiger partial charge in [0.25, 0.3) is 5.91 Å². The highest BCUT2D eigenvalue weighted by molar-refractivity contribution is 6.30. The number of ether oxygens (including phenoxy) is 1. The van der Waals surface area contributed by atoms with Crippen LogP contribution < -0.4 is 10.1 Å². The fourth-order valence-corrected chi connectivity index (χ4v) is 3.98. The summed E-state index contributed by atoms with van der Waals surface area (Å²) in [6.07, 6.45) is -7.63. The summed E-state index contributed by atoms with van der Waals surface area (Å²) >= 11 is 5.93. The number of nitrogens with zero attached hydrogens (tertiary/aromatic N) is 1. The first kappa shape index (κ1) is 31.5. The first-order valence-corrected chi connectivity index (χ1v) is 12.4. The summed E-state index contributed by atoms with van der Waals surface area (Å²) in [6.45, 7) is 0.154. The lowest BCUT2D eigenvalue weighted by atomic mass is 10.0. The third-order valence-electron chi connectivity index (χ3n) is 6.08. The molecule has 0 aromatic heterocycles. The molecule has 0 aliphatic heterocycles. The molecule has 12 heteroatoms. The maximum absolute atomic E-state index is 13.4. The molecule has 41 heavy (non-hydrogen) atoms. The van der Waals surface area contributed by atoms with Gasteiger partial charge in [-0.3, -0.25) is 9.59 Å². The third-order valence-corrected chi connectivity index (χ3v) is 6.33. The molecule has 1 atom stereocenters. The minimum atomic E-state index is -5.11. The van der Waals surface area contributed by atoms with Gasteiger partial charge < -0.3 is 15.0 Å². The molecule has 3 aromatic carbocycles. The maximum Gasteiger partial charge on any atom is 0.416 e. The van der Waals surface area contributed by atoms with Crippen LogP contribution in [0, 0.1) is 0 Å². The van der Waals surface area contributed by atoms with E-state index in [0.29, 0.717) is 28.5 Å². The number of hydrogen-bond donors (Lipinski definition) is 1. The van der Waals surface area contributed by atoms with E-state index in [4.69, 9.17) is 16.3 Å². The molecule has 0 spiro atoms. The van der Waals surface area contributed by atoms with Crippen LogP contribution in [0.5, 0.6) is 5.75 Å². The van der Waals surface area contributed by atoms with Crippen molar-refractivity contribution in [2.75, 3.05) is 14.2 Å². The molecule has 0 fully saturated rings. The number of nitrogens with one attached hydrogen (secondary N) is 1. The van der Waals surface area contributed by atoms with Crippen LogP contribution in [-0.2, 0) is 30.1 Å². The SMILES string of the molecule is COc1cccc(CNC(=O)C=CC(Cc2ccc(Cl)cc2)N(C)C(=O)c2cc(C(F)(F)F)cc(C(F)(F)F)c2)c1. The van der Waals surface area contributed by atoms with Crippen molar-refractivity contribution in [3.8, 4) is 5.75 Å². The number of alkyl halides is 6. The summed E-state index contributed by atoms with van der Waals surface area (Å²) in [7, 11) is 2.73. The highest BCUT2D eigenvalue weighted by Gasteiger charge is 2.38. The van der Waals surface area contributed by atoms with Gasteiger partial charge in [-0.1, -0.05) is 41.9 Å². The van der Waals surface area contributed by atoms with Crippen LogP contribution in [-0.4, -0.2) is 36.9 Å². The number of rotatable bonds is 9. The lowest BCUT2D eigenvalue weighted by Crippen LogP contribution is -2.38. The second-order valence-electron chi connectivity index (χ2n) is 9.04. The molecular weight excluding hydrogens is 574 g/mol. The number of likely N-dealkylation sites (N-methyl/N-ethyl adjacent to an activating group) is 1. The summed E-state index contributed by atoms with van der Waals surface area (Å²) < 4.78 is 85.3. The van der Waals surface area contributed by atoms with E-state index in [1.807, 2.05) is 0 Å². The monoisotopic (exact) mass is 598 g/mol. The summed E-state index contributed by atoms with van der Waals surface area (Å²) in [5.41, 5.74) is -2.61. The molecule has 0 aliphatic carbocycles. The quantitative estimate of drug-likeness (QED) is 0.214. The van der Waals surface area contributed by atoms with Crippen LogP contribution in [0.2, 0.25) is 5.02 Å². The molecule has 1 unspecified atom stereocenters. The van der Waals surface area contributed by atoms with Gasteiger partial charge >= 0.3 is 12.4 Å². The van der Waals surface area contributed by atoms with Crippen LogP contribution in [0.4, 0.5) is 26.3 Å². The fourth-order valence-electron chi connectivity index (χ4n) is 3.86. The van der Waals surface area contributed by atoms with Gasteiger partial charge in [0.05, 0.1) is 24.3 Å². The predicted molar refractivity (Wildman–Crippen MR) is 141 cm³/mol. The smallest absolute Gasteiger partial charge is 0.416 e. The average molecular weight is 599 g/mol. The molecule has 0 heterocycles. The zero-order valence-corrected chi connectivity index (χ0v) is 22.6. The van der Waals surface area contributed by atoms with Gasteiger partial charge in [-0.2, -0.15) is 26.3 Å². The Bertz CT molecular complexity index is 1370. The standard InChI is InChI=1S/C29H25ClF6N2O3/c1-38(27(40)20-14-21(28(31,32)33)16-22(15-20)29(34,35)36)24(12-18-6-8-23(30)9-7-18)10-11-26(39)37-17-19-4-3-5-25(13-19)41-2/h3-11,13-16,24H,12,17H2,1-2H3,(H,37,39). The van der Waals surface area contributed by atoms with Crippen molar-refractivity contribution in [3.63, 3.8) is 0 Å². The molecule has 3 aromatic rings. The van der Waals surface area contributed by atoms with Crippen molar-refractivity contribution in [1.82, 2.24) is 10.2 Å². The summed E-state index contributed by atoms with van der Waals surface area (Å²) in [5.74, 6) is -1.03. The Kier molecular flexibility index (Phi) is 10.1. The minimum absolute atomic E-state index is 0.0471. The highest BCUT2D eigenvalue weighted by Crippen LogP contribution is 2.36. The molecule has 1 N–H and O–H groups in total. The maximum atomic E-state index is 13.4. The molecule has 0 radical (unpaired) electrons. The Balaban J connectivity index is 1.88. The van der Waals surface area contributed by atoms with Gasteiger partial charge in [0.1, 0.15) is 5.75 Å². The molecule has 5 nitrogen and oxygen atoms in total. The van der Waals surface area contributed by atoms with E-state index in [2.05, 4.69) is 5.32 Å². The topological polar surface area (TPSA) is 58.6 Å². The summed E-state index contributed by atoms with van der Waals surface area (Å²) in [4.78, 5) is 26.8. The minimum Gasteiger partial charge on any atom is -0.497 e. The van der Waals surface area contributed by atoms with E-state index >= 15 is 0 Å². The van der Waals surface area contributed by atoms with E-state index in [9.17, 15) is 35.9 Å². The van der Waals surface area contributed by atoms with Gasteiger partial charge in [-0.25, -0.2) is 0 Å². The van der Waals surface area contributed by atoms with E-state index in [1.165, 1.54) is 20.2 Å². The first-order chi connectivity index (χ1) is 19.2. The van der Waals surface area contributed by atoms with Crippen molar-refractivity contribution in [2.45, 2.75) is 31.4 Å². The van der Waals surface area contributed by atoms with E-state index in [0.717, 1.165) is 16.5 Å². The van der Waals surface area contributed by atoms with Crippen LogP contribution in [0.25, 0.3) is 0 Å². The van der Waals surface area contributed by atoms with Crippen LogP contribution in [0.1, 0.15) is 32.6 Å². The lowest BCUT2D eigenvalue weighted by molar-refractivity contribution is -0.143. The van der Waals surface area contributed by atoms with Gasteiger partial charge in [0.2, 0.25) is 5.91 Å². The highest BCUT2D eigenvalue weighted by atomic mass is 35.5. The Morgan fingerprint density at radius 3 is 2.10 bits per heavy atom. The van der Waals surface area contributed by atoms with Gasteiger partial charge in [-0.15, -0.1) is 0 Å². The molecule has 0 saturated carbocycles. The Morgan fingerprint density at radius 2 is 1.54 bits per heavy atom. The van der Waals surface area contributed by atoms with Crippen molar-refractivity contribution in [3.05, 3.63) is 112 Å². The number of amides is 2. The van der Waals surface area contributed by atoms with Crippen molar-refractivity contribution in [1.29, 1.82) is 0 Å². The molecule has 2 amide bonds. The van der Waals surface area contributed by atoms with Crippen LogP contribution in [0.15, 0.2) is 78.9 Å². The molecule has 0 aliphatic rings. The molecular formula is C29H25ClF6N2O3. The summed E-state index contributed by atoms with van der Waals surface area (Å²) in [5, 5.41) is 3.11. The molecule has 0 saturated heterocycles. The predicted octanol–water partition coefficient (Wildman–Crippen LogP) is 6.94. The number of carbonyl (C=O) groups excluding carboxylic acids is 2. The van der Waals surface area contributed by atoms with E-state index in [-0.39, 0.29) is 19.0 Å². The van der Waals surface area contributed by atoms with E-state index < -0.39 is 46.9 Å². The third kappa shape index (κ3) is 9.01. The number of halogens is 7. The van der Waals surface area contributed by atoms with Crippen LogP contribution in [0.3, 0.4) is 0 Å².